The summed E-state index contributed by atoms with van der Waals surface area (Å²) in [5.74, 6) is -0.0590. The second-order valence-corrected chi connectivity index (χ2v) is 5.27. The first-order chi connectivity index (χ1) is 8.66. The monoisotopic (exact) mass is 261 g/mol. The quantitative estimate of drug-likeness (QED) is 0.917. The molecule has 94 valence electrons. The molecule has 0 unspecified atom stereocenters. The summed E-state index contributed by atoms with van der Waals surface area (Å²) in [4.78, 5) is 21.3. The van der Waals surface area contributed by atoms with Crippen LogP contribution in [-0.2, 0) is 6.42 Å². The van der Waals surface area contributed by atoms with Crippen LogP contribution >= 0.6 is 11.3 Å². The minimum Gasteiger partial charge on any atom is -0.352 e. The Bertz CT molecular complexity index is 536. The van der Waals surface area contributed by atoms with Gasteiger partial charge in [-0.2, -0.15) is 0 Å². The van der Waals surface area contributed by atoms with Crippen LogP contribution in [0.25, 0.3) is 0 Å². The van der Waals surface area contributed by atoms with Crippen molar-refractivity contribution in [3.8, 4) is 0 Å². The Hall–Kier alpha value is -1.75. The van der Waals surface area contributed by atoms with Crippen molar-refractivity contribution in [2.45, 2.75) is 20.3 Å². The van der Waals surface area contributed by atoms with Crippen LogP contribution in [0.2, 0.25) is 0 Å². The van der Waals surface area contributed by atoms with Crippen molar-refractivity contribution in [2.75, 3.05) is 6.54 Å². The summed E-state index contributed by atoms with van der Waals surface area (Å²) in [5, 5.41) is 3.97. The number of nitrogens with one attached hydrogen (secondary N) is 1. The summed E-state index contributed by atoms with van der Waals surface area (Å²) >= 11 is 1.69. The van der Waals surface area contributed by atoms with E-state index in [1.165, 1.54) is 4.88 Å². The van der Waals surface area contributed by atoms with Crippen molar-refractivity contribution in [1.29, 1.82) is 0 Å². The Morgan fingerprint density at radius 3 is 2.67 bits per heavy atom. The summed E-state index contributed by atoms with van der Waals surface area (Å²) in [6.45, 7) is 4.63. The third kappa shape index (κ3) is 3.13. The number of nitrogens with zero attached hydrogens (tertiary/aromatic N) is 2. The van der Waals surface area contributed by atoms with Gasteiger partial charge in [0.2, 0.25) is 0 Å². The predicted octanol–water partition coefficient (Wildman–Crippen LogP) is 2.13. The number of aromatic nitrogens is 2. The number of thiazole rings is 1. The number of hydrogen-bond acceptors (Lipinski definition) is 4. The molecule has 0 saturated heterocycles. The third-order valence-electron chi connectivity index (χ3n) is 2.58. The molecule has 2 aromatic heterocycles. The van der Waals surface area contributed by atoms with Gasteiger partial charge in [-0.05, 0) is 26.0 Å². The van der Waals surface area contributed by atoms with Crippen molar-refractivity contribution < 1.29 is 4.79 Å². The van der Waals surface area contributed by atoms with Crippen LogP contribution < -0.4 is 5.32 Å². The molecular weight excluding hydrogens is 246 g/mol. The summed E-state index contributed by atoms with van der Waals surface area (Å²) in [7, 11) is 0. The van der Waals surface area contributed by atoms with Gasteiger partial charge in [0.25, 0.3) is 5.91 Å². The molecule has 1 N–H and O–H groups in total. The molecular formula is C13H15N3OS. The fourth-order valence-electron chi connectivity index (χ4n) is 1.70. The van der Waals surface area contributed by atoms with E-state index in [0.717, 1.165) is 17.1 Å². The van der Waals surface area contributed by atoms with Crippen LogP contribution in [0.5, 0.6) is 0 Å². The molecule has 0 fully saturated rings. The van der Waals surface area contributed by atoms with E-state index in [-0.39, 0.29) is 5.91 Å². The molecule has 2 heterocycles. The third-order valence-corrected chi connectivity index (χ3v) is 3.71. The highest BCUT2D eigenvalue weighted by Gasteiger charge is 2.07. The molecule has 0 aliphatic heterocycles. The van der Waals surface area contributed by atoms with E-state index in [0.29, 0.717) is 12.1 Å². The van der Waals surface area contributed by atoms with Crippen molar-refractivity contribution in [2.24, 2.45) is 0 Å². The maximum absolute atomic E-state index is 11.8. The molecule has 0 spiro atoms. The van der Waals surface area contributed by atoms with Crippen LogP contribution in [0.4, 0.5) is 0 Å². The lowest BCUT2D eigenvalue weighted by Crippen LogP contribution is -2.25. The number of hydrogen-bond donors (Lipinski definition) is 1. The predicted molar refractivity (Wildman–Crippen MR) is 71.9 cm³/mol. The molecule has 1 amide bonds. The second kappa shape index (κ2) is 5.73. The molecule has 2 rings (SSSR count). The number of carbonyl (C=O) groups is 1. The fraction of sp³-hybridized carbons (Fsp3) is 0.308. The molecule has 4 nitrogen and oxygen atoms in total. The highest BCUT2D eigenvalue weighted by Crippen LogP contribution is 2.17. The highest BCUT2D eigenvalue weighted by molar-refractivity contribution is 7.11. The minimum atomic E-state index is -0.0590. The summed E-state index contributed by atoms with van der Waals surface area (Å²) in [6, 6.07) is 3.41. The Balaban J connectivity index is 1.86. The van der Waals surface area contributed by atoms with Gasteiger partial charge in [0.1, 0.15) is 0 Å². The van der Waals surface area contributed by atoms with Gasteiger partial charge < -0.3 is 5.32 Å². The van der Waals surface area contributed by atoms with E-state index < -0.39 is 0 Å². The van der Waals surface area contributed by atoms with Crippen LogP contribution in [0.3, 0.4) is 0 Å². The zero-order chi connectivity index (χ0) is 13.0. The average Bonchev–Trinajstić information content (AvgIpc) is 2.69. The topological polar surface area (TPSA) is 54.9 Å². The lowest BCUT2D eigenvalue weighted by molar-refractivity contribution is 0.0954. The van der Waals surface area contributed by atoms with Gasteiger partial charge in [-0.3, -0.25) is 9.78 Å². The first-order valence-corrected chi connectivity index (χ1v) is 6.59. The SMILES string of the molecule is Cc1nc(C)c(CCNC(=O)c2ccncc2)s1. The minimum absolute atomic E-state index is 0.0590. The highest BCUT2D eigenvalue weighted by atomic mass is 32.1. The molecule has 18 heavy (non-hydrogen) atoms. The Morgan fingerprint density at radius 1 is 1.33 bits per heavy atom. The number of aryl methyl sites for hydroxylation is 2. The number of carbonyl (C=O) groups excluding carboxylic acids is 1. The average molecular weight is 261 g/mol. The zero-order valence-corrected chi connectivity index (χ0v) is 11.3. The fourth-order valence-corrected chi connectivity index (χ4v) is 2.64. The van der Waals surface area contributed by atoms with E-state index in [9.17, 15) is 4.79 Å². The van der Waals surface area contributed by atoms with Gasteiger partial charge in [-0.25, -0.2) is 4.98 Å². The van der Waals surface area contributed by atoms with E-state index in [4.69, 9.17) is 0 Å². The summed E-state index contributed by atoms with van der Waals surface area (Å²) in [6.07, 6.45) is 4.06. The maximum Gasteiger partial charge on any atom is 0.251 e. The summed E-state index contributed by atoms with van der Waals surface area (Å²) in [5.41, 5.74) is 1.71. The molecule has 0 aromatic carbocycles. The van der Waals surface area contributed by atoms with Gasteiger partial charge >= 0.3 is 0 Å². The van der Waals surface area contributed by atoms with Crippen LogP contribution in [0.15, 0.2) is 24.5 Å². The largest absolute Gasteiger partial charge is 0.352 e. The second-order valence-electron chi connectivity index (χ2n) is 3.98. The molecule has 5 heteroatoms. The number of amides is 1. The number of rotatable bonds is 4. The van der Waals surface area contributed by atoms with Gasteiger partial charge in [0.05, 0.1) is 10.7 Å². The van der Waals surface area contributed by atoms with E-state index in [2.05, 4.69) is 15.3 Å². The van der Waals surface area contributed by atoms with Crippen LogP contribution in [0, 0.1) is 13.8 Å². The van der Waals surface area contributed by atoms with E-state index >= 15 is 0 Å². The summed E-state index contributed by atoms with van der Waals surface area (Å²) < 4.78 is 0. The first kappa shape index (κ1) is 12.7. The van der Waals surface area contributed by atoms with E-state index in [1.807, 2.05) is 13.8 Å². The standard InChI is InChI=1S/C13H15N3OS/c1-9-12(18-10(2)16-9)5-8-15-13(17)11-3-6-14-7-4-11/h3-4,6-7H,5,8H2,1-2H3,(H,15,17). The lowest BCUT2D eigenvalue weighted by Gasteiger charge is -2.04. The van der Waals surface area contributed by atoms with Gasteiger partial charge in [0.15, 0.2) is 0 Å². The van der Waals surface area contributed by atoms with Gasteiger partial charge in [-0.1, -0.05) is 0 Å². The van der Waals surface area contributed by atoms with Crippen molar-refractivity contribution in [3.05, 3.63) is 45.7 Å². The van der Waals surface area contributed by atoms with Gasteiger partial charge in [0, 0.05) is 35.8 Å². The molecule has 0 bridgehead atoms. The van der Waals surface area contributed by atoms with Crippen LogP contribution in [0.1, 0.15) is 25.9 Å². The van der Waals surface area contributed by atoms with Gasteiger partial charge in [-0.15, -0.1) is 11.3 Å². The van der Waals surface area contributed by atoms with Crippen LogP contribution in [-0.4, -0.2) is 22.4 Å². The molecule has 0 radical (unpaired) electrons. The molecule has 0 aliphatic rings. The van der Waals surface area contributed by atoms with E-state index in [1.54, 1.807) is 35.9 Å². The first-order valence-electron chi connectivity index (χ1n) is 5.78. The lowest BCUT2D eigenvalue weighted by atomic mass is 10.2. The number of pyridine rings is 1. The van der Waals surface area contributed by atoms with Crippen molar-refractivity contribution >= 4 is 17.2 Å². The Labute approximate surface area is 110 Å². The molecule has 0 saturated carbocycles. The normalized spacial score (nSPS) is 10.3. The van der Waals surface area contributed by atoms with Crippen molar-refractivity contribution in [1.82, 2.24) is 15.3 Å². The zero-order valence-electron chi connectivity index (χ0n) is 10.4. The maximum atomic E-state index is 11.8. The Kier molecular flexibility index (Phi) is 4.04. The van der Waals surface area contributed by atoms with Crippen molar-refractivity contribution in [3.63, 3.8) is 0 Å². The molecule has 2 aromatic rings. The molecule has 0 atom stereocenters. The smallest absolute Gasteiger partial charge is 0.251 e. The molecule has 0 aliphatic carbocycles. The Morgan fingerprint density at radius 2 is 2.06 bits per heavy atom.